The van der Waals surface area contributed by atoms with Gasteiger partial charge in [0.1, 0.15) is 0 Å². The van der Waals surface area contributed by atoms with Crippen LogP contribution in [0.4, 0.5) is 0 Å². The summed E-state index contributed by atoms with van der Waals surface area (Å²) in [5.74, 6) is 0. The van der Waals surface area contributed by atoms with Crippen molar-refractivity contribution in [3.8, 4) is 0 Å². The molecule has 0 unspecified atom stereocenters. The molecule has 0 bridgehead atoms. The number of hydrogen-bond acceptors (Lipinski definition) is 3. The Morgan fingerprint density at radius 3 is 2.19 bits per heavy atom. The molecular formula is C22H29NO3S. The van der Waals surface area contributed by atoms with Crippen LogP contribution in [0.15, 0.2) is 59.5 Å². The number of aryl methyl sites for hydroxylation is 1. The summed E-state index contributed by atoms with van der Waals surface area (Å²) in [7, 11) is -3.42. The maximum atomic E-state index is 12.8. The van der Waals surface area contributed by atoms with E-state index >= 15 is 0 Å². The number of rotatable bonds is 6. The first-order chi connectivity index (χ1) is 12.8. The van der Waals surface area contributed by atoms with Crippen molar-refractivity contribution in [1.82, 2.24) is 4.31 Å². The van der Waals surface area contributed by atoms with E-state index in [2.05, 4.69) is 26.0 Å². The minimum absolute atomic E-state index is 0.0909. The maximum Gasteiger partial charge on any atom is 0.243 e. The fourth-order valence-corrected chi connectivity index (χ4v) is 5.10. The van der Waals surface area contributed by atoms with Crippen LogP contribution in [-0.2, 0) is 21.2 Å². The van der Waals surface area contributed by atoms with Gasteiger partial charge >= 0.3 is 0 Å². The largest absolute Gasteiger partial charge is 0.372 e. The van der Waals surface area contributed by atoms with E-state index in [-0.39, 0.29) is 11.7 Å². The van der Waals surface area contributed by atoms with E-state index in [0.29, 0.717) is 18.0 Å². The summed E-state index contributed by atoms with van der Waals surface area (Å²) in [4.78, 5) is 0.372. The summed E-state index contributed by atoms with van der Waals surface area (Å²) in [5.41, 5.74) is 2.04. The molecule has 1 fully saturated rings. The van der Waals surface area contributed by atoms with Crippen molar-refractivity contribution in [2.75, 3.05) is 13.1 Å². The van der Waals surface area contributed by atoms with Crippen LogP contribution in [-0.4, -0.2) is 37.5 Å². The van der Waals surface area contributed by atoms with Crippen LogP contribution in [0.1, 0.15) is 37.8 Å². The summed E-state index contributed by atoms with van der Waals surface area (Å²) < 4.78 is 33.6. The third-order valence-electron chi connectivity index (χ3n) is 5.02. The van der Waals surface area contributed by atoms with E-state index in [0.717, 1.165) is 24.8 Å². The highest BCUT2D eigenvalue weighted by Gasteiger charge is 2.32. The van der Waals surface area contributed by atoms with E-state index < -0.39 is 10.0 Å². The molecule has 0 N–H and O–H groups in total. The van der Waals surface area contributed by atoms with E-state index in [9.17, 15) is 8.42 Å². The van der Waals surface area contributed by atoms with Gasteiger partial charge in [-0.05, 0) is 51.3 Å². The lowest BCUT2D eigenvalue weighted by molar-refractivity contribution is -0.0862. The van der Waals surface area contributed by atoms with Crippen LogP contribution in [0, 0.1) is 6.92 Å². The second-order valence-corrected chi connectivity index (χ2v) is 9.89. The fourth-order valence-electron chi connectivity index (χ4n) is 3.63. The van der Waals surface area contributed by atoms with Crippen LogP contribution < -0.4 is 0 Å². The van der Waals surface area contributed by atoms with Crippen molar-refractivity contribution in [1.29, 1.82) is 0 Å². The second-order valence-electron chi connectivity index (χ2n) is 7.96. The van der Waals surface area contributed by atoms with Crippen LogP contribution >= 0.6 is 0 Å². The average Bonchev–Trinajstić information content (AvgIpc) is 2.62. The molecule has 0 spiro atoms. The van der Waals surface area contributed by atoms with Gasteiger partial charge in [-0.25, -0.2) is 8.42 Å². The summed E-state index contributed by atoms with van der Waals surface area (Å²) in [5, 5.41) is 0. The average molecular weight is 388 g/mol. The van der Waals surface area contributed by atoms with Crippen molar-refractivity contribution in [3.63, 3.8) is 0 Å². The highest BCUT2D eigenvalue weighted by Crippen LogP contribution is 2.26. The van der Waals surface area contributed by atoms with Crippen molar-refractivity contribution in [2.24, 2.45) is 0 Å². The number of benzene rings is 2. The van der Waals surface area contributed by atoms with Gasteiger partial charge in [0.25, 0.3) is 0 Å². The monoisotopic (exact) mass is 387 g/mol. The lowest BCUT2D eigenvalue weighted by Gasteiger charge is -2.36. The Labute approximate surface area is 163 Å². The van der Waals surface area contributed by atoms with Crippen LogP contribution in [0.5, 0.6) is 0 Å². The molecule has 0 aliphatic carbocycles. The van der Waals surface area contributed by atoms with Crippen molar-refractivity contribution >= 4 is 10.0 Å². The molecule has 3 rings (SSSR count). The molecule has 0 radical (unpaired) electrons. The first kappa shape index (κ1) is 20.1. The molecule has 0 amide bonds. The molecule has 1 aliphatic heterocycles. The highest BCUT2D eigenvalue weighted by atomic mass is 32.2. The highest BCUT2D eigenvalue weighted by molar-refractivity contribution is 7.89. The molecule has 0 saturated carbocycles. The summed E-state index contributed by atoms with van der Waals surface area (Å²) in [6.07, 6.45) is 2.38. The first-order valence-electron chi connectivity index (χ1n) is 9.55. The van der Waals surface area contributed by atoms with Gasteiger partial charge in [0.15, 0.2) is 0 Å². The fraction of sp³-hybridized carbons (Fsp3) is 0.455. The zero-order valence-corrected chi connectivity index (χ0v) is 17.2. The topological polar surface area (TPSA) is 46.6 Å². The number of nitrogens with zero attached hydrogens (tertiary/aromatic N) is 1. The maximum absolute atomic E-state index is 12.8. The number of hydrogen-bond donors (Lipinski definition) is 0. The van der Waals surface area contributed by atoms with E-state index in [1.807, 2.05) is 37.3 Å². The Morgan fingerprint density at radius 2 is 1.59 bits per heavy atom. The van der Waals surface area contributed by atoms with Crippen LogP contribution in [0.25, 0.3) is 0 Å². The molecule has 1 heterocycles. The third kappa shape index (κ3) is 5.18. The smallest absolute Gasteiger partial charge is 0.243 e. The van der Waals surface area contributed by atoms with Gasteiger partial charge in [0.05, 0.1) is 16.6 Å². The molecule has 0 atom stereocenters. The minimum Gasteiger partial charge on any atom is -0.372 e. The molecule has 5 heteroatoms. The van der Waals surface area contributed by atoms with E-state index in [1.54, 1.807) is 16.4 Å². The van der Waals surface area contributed by atoms with Gasteiger partial charge in [-0.15, -0.1) is 0 Å². The van der Waals surface area contributed by atoms with Gasteiger partial charge in [-0.2, -0.15) is 4.31 Å². The summed E-state index contributed by atoms with van der Waals surface area (Å²) in [6.45, 7) is 7.17. The predicted octanol–water partition coefficient (Wildman–Crippen LogP) is 4.19. The molecule has 4 nitrogen and oxygen atoms in total. The lowest BCUT2D eigenvalue weighted by Crippen LogP contribution is -2.43. The Kier molecular flexibility index (Phi) is 6.04. The third-order valence-corrected chi connectivity index (χ3v) is 6.93. The molecule has 27 heavy (non-hydrogen) atoms. The Morgan fingerprint density at radius 1 is 1.00 bits per heavy atom. The van der Waals surface area contributed by atoms with Crippen LogP contribution in [0.2, 0.25) is 0 Å². The van der Waals surface area contributed by atoms with Crippen molar-refractivity contribution in [3.05, 3.63) is 65.7 Å². The molecule has 2 aromatic rings. The number of sulfonamides is 1. The van der Waals surface area contributed by atoms with Crippen molar-refractivity contribution in [2.45, 2.75) is 56.6 Å². The minimum atomic E-state index is -3.42. The number of ether oxygens (including phenoxy) is 1. The first-order valence-corrected chi connectivity index (χ1v) is 11.0. The summed E-state index contributed by atoms with van der Waals surface area (Å²) in [6, 6.07) is 17.4. The normalized spacial score (nSPS) is 17.1. The molecule has 2 aromatic carbocycles. The molecule has 1 saturated heterocycles. The standard InChI is InChI=1S/C22H29NO3S/c1-18-9-11-21(12-10-18)27(24,25)23-15-13-20(14-16-23)26-22(2,3)17-19-7-5-4-6-8-19/h4-12,20H,13-17H2,1-3H3. The molecular weight excluding hydrogens is 358 g/mol. The van der Waals surface area contributed by atoms with Gasteiger partial charge in [0, 0.05) is 19.5 Å². The second kappa shape index (κ2) is 8.13. The quantitative estimate of drug-likeness (QED) is 0.747. The Bertz CT molecular complexity index is 837. The van der Waals surface area contributed by atoms with Gasteiger partial charge in [-0.1, -0.05) is 48.0 Å². The molecule has 0 aromatic heterocycles. The van der Waals surface area contributed by atoms with Gasteiger partial charge < -0.3 is 4.74 Å². The zero-order valence-electron chi connectivity index (χ0n) is 16.4. The number of piperidine rings is 1. The van der Waals surface area contributed by atoms with E-state index in [1.165, 1.54) is 5.56 Å². The van der Waals surface area contributed by atoms with Crippen LogP contribution in [0.3, 0.4) is 0 Å². The SMILES string of the molecule is Cc1ccc(S(=O)(=O)N2CCC(OC(C)(C)Cc3ccccc3)CC2)cc1. The van der Waals surface area contributed by atoms with Gasteiger partial charge in [0.2, 0.25) is 10.0 Å². The summed E-state index contributed by atoms with van der Waals surface area (Å²) >= 11 is 0. The lowest BCUT2D eigenvalue weighted by atomic mass is 9.97. The molecule has 1 aliphatic rings. The molecule has 146 valence electrons. The Hall–Kier alpha value is -1.69. The van der Waals surface area contributed by atoms with Crippen molar-refractivity contribution < 1.29 is 13.2 Å². The zero-order chi connectivity index (χ0) is 19.5. The van der Waals surface area contributed by atoms with Gasteiger partial charge in [-0.3, -0.25) is 0 Å². The Balaban J connectivity index is 1.57. The predicted molar refractivity (Wildman–Crippen MR) is 108 cm³/mol. The van der Waals surface area contributed by atoms with E-state index in [4.69, 9.17) is 4.74 Å².